The van der Waals surface area contributed by atoms with E-state index in [0.29, 0.717) is 0 Å². The number of hydrogen-bond acceptors (Lipinski definition) is 3. The van der Waals surface area contributed by atoms with Gasteiger partial charge in [0.05, 0.1) is 22.4 Å². The summed E-state index contributed by atoms with van der Waals surface area (Å²) in [7, 11) is 0. The van der Waals surface area contributed by atoms with Gasteiger partial charge in [-0.05, 0) is 26.7 Å². The van der Waals surface area contributed by atoms with Crippen LogP contribution in [0, 0.1) is 11.8 Å². The molecule has 2 rings (SSSR count). The lowest BCUT2D eigenvalue weighted by atomic mass is 10.00. The van der Waals surface area contributed by atoms with Gasteiger partial charge < -0.3 is 5.73 Å². The Kier molecular flexibility index (Phi) is 2.53. The lowest BCUT2D eigenvalue weighted by molar-refractivity contribution is -0.144. The van der Waals surface area contributed by atoms with Crippen LogP contribution in [0.1, 0.15) is 33.1 Å². The maximum absolute atomic E-state index is 12.1. The highest BCUT2D eigenvalue weighted by Gasteiger charge is 2.54. The minimum absolute atomic E-state index is 0.0923. The zero-order valence-corrected chi connectivity index (χ0v) is 10.3. The quantitative estimate of drug-likeness (QED) is 0.574. The second-order valence-corrected chi connectivity index (χ2v) is 5.52. The van der Waals surface area contributed by atoms with Gasteiger partial charge in [0, 0.05) is 0 Å². The Bertz CT molecular complexity index is 356. The summed E-state index contributed by atoms with van der Waals surface area (Å²) >= 11 is 4.94. The molecule has 0 aromatic rings. The van der Waals surface area contributed by atoms with Gasteiger partial charge in [-0.25, -0.2) is 0 Å². The van der Waals surface area contributed by atoms with Crippen molar-refractivity contribution in [3.8, 4) is 0 Å². The first-order valence-electron chi connectivity index (χ1n) is 5.55. The maximum Gasteiger partial charge on any atom is 0.233 e. The Morgan fingerprint density at radius 1 is 1.31 bits per heavy atom. The number of nitrogens with zero attached hydrogens (tertiary/aromatic N) is 1. The first kappa shape index (κ1) is 11.5. The van der Waals surface area contributed by atoms with Gasteiger partial charge in [-0.1, -0.05) is 18.6 Å². The predicted octanol–water partition coefficient (Wildman–Crippen LogP) is 0.836. The molecule has 0 aromatic heterocycles. The van der Waals surface area contributed by atoms with E-state index in [-0.39, 0.29) is 28.6 Å². The molecule has 2 unspecified atom stereocenters. The van der Waals surface area contributed by atoms with Crippen LogP contribution in [0.3, 0.4) is 0 Å². The molecule has 2 amide bonds. The summed E-state index contributed by atoms with van der Waals surface area (Å²) in [5.41, 5.74) is 4.77. The molecule has 2 aliphatic rings. The summed E-state index contributed by atoms with van der Waals surface area (Å²) in [6.45, 7) is 3.46. The molecule has 5 heteroatoms. The summed E-state index contributed by atoms with van der Waals surface area (Å²) in [6.07, 6.45) is 2.60. The fraction of sp³-hybridized carbons (Fsp3) is 0.727. The van der Waals surface area contributed by atoms with Crippen molar-refractivity contribution in [3.63, 3.8) is 0 Å². The van der Waals surface area contributed by atoms with E-state index in [9.17, 15) is 9.59 Å². The molecule has 1 saturated carbocycles. The van der Waals surface area contributed by atoms with Crippen molar-refractivity contribution in [2.24, 2.45) is 17.6 Å². The summed E-state index contributed by atoms with van der Waals surface area (Å²) in [4.78, 5) is 25.7. The van der Waals surface area contributed by atoms with Crippen molar-refractivity contribution in [1.82, 2.24) is 4.90 Å². The van der Waals surface area contributed by atoms with Gasteiger partial charge in [0.2, 0.25) is 11.8 Å². The smallest absolute Gasteiger partial charge is 0.233 e. The fourth-order valence-electron chi connectivity index (χ4n) is 2.65. The summed E-state index contributed by atoms with van der Waals surface area (Å²) in [5.74, 6) is -0.433. The zero-order valence-electron chi connectivity index (χ0n) is 9.53. The van der Waals surface area contributed by atoms with Crippen molar-refractivity contribution in [1.29, 1.82) is 0 Å². The van der Waals surface area contributed by atoms with E-state index in [1.165, 1.54) is 4.90 Å². The number of likely N-dealkylation sites (tertiary alicyclic amines) is 1. The van der Waals surface area contributed by atoms with Crippen LogP contribution in [-0.2, 0) is 9.59 Å². The molecule has 2 fully saturated rings. The first-order valence-corrected chi connectivity index (χ1v) is 5.96. The van der Waals surface area contributed by atoms with Crippen LogP contribution >= 0.6 is 12.2 Å². The molecule has 1 saturated heterocycles. The lowest BCUT2D eigenvalue weighted by Crippen LogP contribution is -2.55. The van der Waals surface area contributed by atoms with Gasteiger partial charge >= 0.3 is 0 Å². The highest BCUT2D eigenvalue weighted by molar-refractivity contribution is 7.80. The number of amides is 2. The van der Waals surface area contributed by atoms with Crippen molar-refractivity contribution in [2.45, 2.75) is 38.6 Å². The Balaban J connectivity index is 2.34. The highest BCUT2D eigenvalue weighted by atomic mass is 32.1. The maximum atomic E-state index is 12.1. The first-order chi connectivity index (χ1) is 7.37. The third kappa shape index (κ3) is 1.38. The molecule has 0 bridgehead atoms. The van der Waals surface area contributed by atoms with Crippen LogP contribution in [0.5, 0.6) is 0 Å². The molecular weight excluding hydrogens is 224 g/mol. The highest BCUT2D eigenvalue weighted by Crippen LogP contribution is 2.42. The Morgan fingerprint density at radius 2 is 1.75 bits per heavy atom. The second-order valence-electron chi connectivity index (χ2n) is 5.08. The van der Waals surface area contributed by atoms with Crippen LogP contribution in [0.2, 0.25) is 0 Å². The summed E-state index contributed by atoms with van der Waals surface area (Å²) in [5, 5.41) is 0. The van der Waals surface area contributed by atoms with Gasteiger partial charge in [0.25, 0.3) is 0 Å². The Hall–Kier alpha value is -0.970. The lowest BCUT2D eigenvalue weighted by Gasteiger charge is -2.33. The predicted molar refractivity (Wildman–Crippen MR) is 63.5 cm³/mol. The largest absolute Gasteiger partial charge is 0.391 e. The molecule has 0 radical (unpaired) electrons. The number of fused-ring (bicyclic) bond motifs is 1. The molecule has 88 valence electrons. The molecule has 0 spiro atoms. The van der Waals surface area contributed by atoms with Crippen LogP contribution < -0.4 is 5.73 Å². The van der Waals surface area contributed by atoms with E-state index >= 15 is 0 Å². The van der Waals surface area contributed by atoms with Crippen LogP contribution in [0.15, 0.2) is 0 Å². The minimum atomic E-state index is -0.839. The van der Waals surface area contributed by atoms with Crippen LogP contribution in [0.4, 0.5) is 0 Å². The monoisotopic (exact) mass is 240 g/mol. The number of hydrogen-bond donors (Lipinski definition) is 1. The Labute approximate surface area is 100 Å². The van der Waals surface area contributed by atoms with Crippen molar-refractivity contribution in [3.05, 3.63) is 0 Å². The van der Waals surface area contributed by atoms with E-state index in [2.05, 4.69) is 0 Å². The Morgan fingerprint density at radius 3 is 2.12 bits per heavy atom. The number of thiocarbonyl (C=S) groups is 1. The number of rotatable bonds is 2. The third-order valence-electron chi connectivity index (χ3n) is 3.75. The number of imide groups is 1. The zero-order chi connectivity index (χ0) is 12.1. The molecule has 1 aliphatic heterocycles. The van der Waals surface area contributed by atoms with Gasteiger partial charge in [-0.15, -0.1) is 0 Å². The molecule has 0 aromatic carbocycles. The molecule has 2 atom stereocenters. The number of nitrogens with two attached hydrogens (primary N) is 1. The second kappa shape index (κ2) is 3.52. The molecule has 16 heavy (non-hydrogen) atoms. The average molecular weight is 240 g/mol. The van der Waals surface area contributed by atoms with E-state index < -0.39 is 5.54 Å². The normalized spacial score (nSPS) is 29.8. The van der Waals surface area contributed by atoms with Gasteiger partial charge in [-0.2, -0.15) is 0 Å². The topological polar surface area (TPSA) is 63.4 Å². The van der Waals surface area contributed by atoms with Crippen molar-refractivity contribution >= 4 is 29.0 Å². The van der Waals surface area contributed by atoms with Gasteiger partial charge in [-0.3, -0.25) is 14.5 Å². The van der Waals surface area contributed by atoms with E-state index in [1.807, 2.05) is 0 Å². The average Bonchev–Trinajstić information content (AvgIpc) is 2.71. The summed E-state index contributed by atoms with van der Waals surface area (Å²) in [6, 6.07) is 0. The molecule has 4 nitrogen and oxygen atoms in total. The standard InChI is InChI=1S/C11H16N2O2S/c1-11(2,10(12)16)13-8(14)6-4-3-5-7(6)9(13)15/h6-7H,3-5H2,1-2H3,(H2,12,16). The fourth-order valence-corrected chi connectivity index (χ4v) is 2.74. The van der Waals surface area contributed by atoms with Gasteiger partial charge in [0.1, 0.15) is 0 Å². The molecular formula is C11H16N2O2S. The molecule has 2 N–H and O–H groups in total. The van der Waals surface area contributed by atoms with Crippen molar-refractivity contribution in [2.75, 3.05) is 0 Å². The van der Waals surface area contributed by atoms with E-state index in [1.54, 1.807) is 13.8 Å². The third-order valence-corrected chi connectivity index (χ3v) is 4.25. The van der Waals surface area contributed by atoms with E-state index in [0.717, 1.165) is 19.3 Å². The number of carbonyl (C=O) groups excluding carboxylic acids is 2. The molecule has 1 heterocycles. The minimum Gasteiger partial charge on any atom is -0.391 e. The van der Waals surface area contributed by atoms with E-state index in [4.69, 9.17) is 18.0 Å². The van der Waals surface area contributed by atoms with Crippen LogP contribution in [-0.4, -0.2) is 27.2 Å². The van der Waals surface area contributed by atoms with Gasteiger partial charge in [0.15, 0.2) is 0 Å². The summed E-state index contributed by atoms with van der Waals surface area (Å²) < 4.78 is 0. The number of carbonyl (C=O) groups is 2. The van der Waals surface area contributed by atoms with Crippen LogP contribution in [0.25, 0.3) is 0 Å². The van der Waals surface area contributed by atoms with Crippen molar-refractivity contribution < 1.29 is 9.59 Å². The SMILES string of the molecule is CC(C)(C(N)=S)N1C(=O)C2CCCC2C1=O. The molecule has 1 aliphatic carbocycles.